The molecule has 3 rings (SSSR count). The fourth-order valence-electron chi connectivity index (χ4n) is 3.21. The predicted octanol–water partition coefficient (Wildman–Crippen LogP) is 3.69. The summed E-state index contributed by atoms with van der Waals surface area (Å²) < 4.78 is 2.12. The van der Waals surface area contributed by atoms with Crippen LogP contribution in [0.15, 0.2) is 54.3 Å². The van der Waals surface area contributed by atoms with Gasteiger partial charge in [-0.05, 0) is 37.6 Å². The molecule has 0 fully saturated rings. The van der Waals surface area contributed by atoms with Crippen LogP contribution in [0, 0.1) is 0 Å². The van der Waals surface area contributed by atoms with E-state index in [1.165, 1.54) is 5.57 Å². The number of rotatable bonds is 5. The Morgan fingerprint density at radius 2 is 2.23 bits per heavy atom. The number of benzene rings is 1. The highest BCUT2D eigenvalue weighted by molar-refractivity contribution is 6.35. The first-order valence-corrected chi connectivity index (χ1v) is 8.03. The quantitative estimate of drug-likeness (QED) is 0.882. The van der Waals surface area contributed by atoms with E-state index in [9.17, 15) is 5.11 Å². The maximum atomic E-state index is 10.7. The molecular weight excluding hydrogens is 296 g/mol. The fraction of sp³-hybridized carbons (Fsp3) is 0.333. The van der Waals surface area contributed by atoms with Crippen molar-refractivity contribution in [2.45, 2.75) is 25.0 Å². The van der Waals surface area contributed by atoms with Gasteiger partial charge in [0.15, 0.2) is 0 Å². The smallest absolute Gasteiger partial charge is 0.0909 e. The number of para-hydroxylation sites is 1. The third-order valence-electron chi connectivity index (χ3n) is 4.19. The number of fused-ring (bicyclic) bond motifs is 1. The second kappa shape index (κ2) is 6.69. The highest BCUT2D eigenvalue weighted by Crippen LogP contribution is 2.34. The van der Waals surface area contributed by atoms with Crippen molar-refractivity contribution in [3.8, 4) is 0 Å². The van der Waals surface area contributed by atoms with E-state index >= 15 is 0 Å². The summed E-state index contributed by atoms with van der Waals surface area (Å²) in [6, 6.07) is 7.86. The van der Waals surface area contributed by atoms with E-state index in [0.29, 0.717) is 6.54 Å². The predicted molar refractivity (Wildman–Crippen MR) is 92.4 cm³/mol. The Morgan fingerprint density at radius 1 is 1.36 bits per heavy atom. The molecule has 1 aliphatic carbocycles. The molecule has 1 aromatic heterocycles. The second-order valence-corrected chi connectivity index (χ2v) is 6.09. The molecule has 0 radical (unpaired) electrons. The van der Waals surface area contributed by atoms with Crippen LogP contribution in [0.1, 0.15) is 18.9 Å². The minimum absolute atomic E-state index is 0.102. The van der Waals surface area contributed by atoms with Gasteiger partial charge in [0.2, 0.25) is 0 Å². The molecule has 0 saturated carbocycles. The van der Waals surface area contributed by atoms with Gasteiger partial charge < -0.3 is 15.0 Å². The lowest BCUT2D eigenvalue weighted by Crippen LogP contribution is -2.34. The number of aromatic nitrogens is 1. The molecule has 22 heavy (non-hydrogen) atoms. The molecule has 0 amide bonds. The summed E-state index contributed by atoms with van der Waals surface area (Å²) in [7, 11) is 1.86. The molecule has 116 valence electrons. The number of allylic oxidation sites excluding steroid dienone is 3. The summed E-state index contributed by atoms with van der Waals surface area (Å²) in [5.41, 5.74) is 2.22. The molecule has 1 aromatic carbocycles. The molecule has 2 N–H and O–H groups in total. The van der Waals surface area contributed by atoms with Crippen LogP contribution in [-0.2, 0) is 0 Å². The molecule has 3 nitrogen and oxygen atoms in total. The molecule has 1 aliphatic rings. The van der Waals surface area contributed by atoms with Gasteiger partial charge in [-0.15, -0.1) is 0 Å². The van der Waals surface area contributed by atoms with Crippen LogP contribution >= 0.6 is 11.6 Å². The van der Waals surface area contributed by atoms with E-state index in [0.717, 1.165) is 28.8 Å². The van der Waals surface area contributed by atoms with Crippen molar-refractivity contribution in [2.24, 2.45) is 0 Å². The van der Waals surface area contributed by atoms with E-state index in [4.69, 9.17) is 11.6 Å². The first-order valence-electron chi connectivity index (χ1n) is 7.65. The summed E-state index contributed by atoms with van der Waals surface area (Å²) in [5, 5.41) is 15.6. The Bertz CT molecular complexity index is 717. The van der Waals surface area contributed by atoms with E-state index in [1.54, 1.807) is 0 Å². The monoisotopic (exact) mass is 316 g/mol. The number of hydrogen-bond donors (Lipinski definition) is 2. The minimum atomic E-state index is -0.505. The second-order valence-electron chi connectivity index (χ2n) is 5.68. The Labute approximate surface area is 135 Å². The zero-order chi connectivity index (χ0) is 15.5. The highest BCUT2D eigenvalue weighted by atomic mass is 35.5. The first-order chi connectivity index (χ1) is 10.7. The average Bonchev–Trinajstić information content (AvgIpc) is 2.94. The van der Waals surface area contributed by atoms with Gasteiger partial charge in [0.1, 0.15) is 0 Å². The summed E-state index contributed by atoms with van der Waals surface area (Å²) in [6.45, 7) is 0.538. The number of nitrogens with one attached hydrogen (secondary N) is 1. The molecule has 4 heteroatoms. The van der Waals surface area contributed by atoms with Gasteiger partial charge in [-0.1, -0.05) is 42.0 Å². The molecule has 0 unspecified atom stereocenters. The Balaban J connectivity index is 2.11. The largest absolute Gasteiger partial charge is 0.389 e. The Morgan fingerprint density at radius 3 is 2.95 bits per heavy atom. The lowest BCUT2D eigenvalue weighted by atomic mass is 9.93. The van der Waals surface area contributed by atoms with Crippen molar-refractivity contribution in [3.05, 3.63) is 59.3 Å². The summed E-state index contributed by atoms with van der Waals surface area (Å²) in [6.07, 6.45) is 9.86. The average molecular weight is 317 g/mol. The van der Waals surface area contributed by atoms with Crippen LogP contribution in [0.25, 0.3) is 10.9 Å². The van der Waals surface area contributed by atoms with Gasteiger partial charge in [0, 0.05) is 18.1 Å². The van der Waals surface area contributed by atoms with Crippen molar-refractivity contribution in [1.82, 2.24) is 9.88 Å². The van der Waals surface area contributed by atoms with Crippen LogP contribution in [0.2, 0.25) is 5.02 Å². The van der Waals surface area contributed by atoms with E-state index < -0.39 is 6.10 Å². The van der Waals surface area contributed by atoms with Crippen molar-refractivity contribution in [3.63, 3.8) is 0 Å². The SMILES string of the molecule is CNC[C@@H](O)[C@H](C1=CC=CCC1)n1ccc2cccc(Cl)c21. The van der Waals surface area contributed by atoms with Crippen molar-refractivity contribution >= 4 is 22.5 Å². The fourth-order valence-corrected chi connectivity index (χ4v) is 3.48. The van der Waals surface area contributed by atoms with Crippen molar-refractivity contribution < 1.29 is 5.11 Å². The van der Waals surface area contributed by atoms with Crippen LogP contribution in [0.3, 0.4) is 0 Å². The molecule has 0 bridgehead atoms. The van der Waals surface area contributed by atoms with Crippen LogP contribution in [0.4, 0.5) is 0 Å². The lowest BCUT2D eigenvalue weighted by molar-refractivity contribution is 0.129. The minimum Gasteiger partial charge on any atom is -0.389 e. The summed E-state index contributed by atoms with van der Waals surface area (Å²) in [5.74, 6) is 0. The van der Waals surface area contributed by atoms with E-state index in [-0.39, 0.29) is 6.04 Å². The number of nitrogens with zero attached hydrogens (tertiary/aromatic N) is 1. The third kappa shape index (κ3) is 2.84. The molecule has 0 spiro atoms. The lowest BCUT2D eigenvalue weighted by Gasteiger charge is -2.29. The van der Waals surface area contributed by atoms with Gasteiger partial charge in [0.05, 0.1) is 22.7 Å². The van der Waals surface area contributed by atoms with Gasteiger partial charge in [-0.25, -0.2) is 0 Å². The van der Waals surface area contributed by atoms with E-state index in [1.807, 2.05) is 31.4 Å². The van der Waals surface area contributed by atoms with Crippen molar-refractivity contribution in [1.29, 1.82) is 0 Å². The third-order valence-corrected chi connectivity index (χ3v) is 4.50. The summed E-state index contributed by atoms with van der Waals surface area (Å²) in [4.78, 5) is 0. The zero-order valence-electron chi connectivity index (χ0n) is 12.7. The van der Waals surface area contributed by atoms with Crippen molar-refractivity contribution in [2.75, 3.05) is 13.6 Å². The highest BCUT2D eigenvalue weighted by Gasteiger charge is 2.26. The molecule has 1 heterocycles. The van der Waals surface area contributed by atoms with Gasteiger partial charge in [0.25, 0.3) is 0 Å². The maximum absolute atomic E-state index is 10.7. The van der Waals surface area contributed by atoms with Gasteiger partial charge in [-0.3, -0.25) is 0 Å². The number of aliphatic hydroxyl groups is 1. The number of hydrogen-bond acceptors (Lipinski definition) is 2. The standard InChI is InChI=1S/C18H21ClN2O/c1-20-12-16(22)18(13-6-3-2-4-7-13)21-11-10-14-8-5-9-15(19)17(14)21/h2-3,5-6,8-11,16,18,20,22H,4,7,12H2,1H3/t16-,18+/m1/s1. The number of halogens is 1. The molecule has 2 aromatic rings. The maximum Gasteiger partial charge on any atom is 0.0909 e. The number of likely N-dealkylation sites (N-methyl/N-ethyl adjacent to an activating group) is 1. The van der Waals surface area contributed by atoms with E-state index in [2.05, 4.69) is 34.2 Å². The van der Waals surface area contributed by atoms with Gasteiger partial charge >= 0.3 is 0 Å². The van der Waals surface area contributed by atoms with Crippen LogP contribution in [0.5, 0.6) is 0 Å². The molecule has 2 atom stereocenters. The Hall–Kier alpha value is -1.55. The molecule has 0 aliphatic heterocycles. The first kappa shape index (κ1) is 15.3. The summed E-state index contributed by atoms with van der Waals surface area (Å²) >= 11 is 6.42. The van der Waals surface area contributed by atoms with Gasteiger partial charge in [-0.2, -0.15) is 0 Å². The molecular formula is C18H21ClN2O. The van der Waals surface area contributed by atoms with Crippen LogP contribution < -0.4 is 5.32 Å². The molecule has 0 saturated heterocycles. The topological polar surface area (TPSA) is 37.2 Å². The normalized spacial score (nSPS) is 17.5. The number of aliphatic hydroxyl groups excluding tert-OH is 1. The zero-order valence-corrected chi connectivity index (χ0v) is 13.4. The van der Waals surface area contributed by atoms with Crippen LogP contribution in [-0.4, -0.2) is 29.4 Å². The Kier molecular flexibility index (Phi) is 4.67.